The third kappa shape index (κ3) is 2.90. The van der Waals surface area contributed by atoms with E-state index in [-0.39, 0.29) is 5.12 Å². The molecular formula is C13H10OS2. The predicted molar refractivity (Wildman–Crippen MR) is 70.3 cm³/mol. The fraction of sp³-hybridized carbons (Fsp3) is 0. The Morgan fingerprint density at radius 1 is 0.938 bits per heavy atom. The van der Waals surface area contributed by atoms with Crippen LogP contribution in [0.4, 0.5) is 0 Å². The smallest absolute Gasteiger partial charge is 0.224 e. The Hall–Kier alpha value is -1.19. The molecule has 80 valence electrons. The molecule has 0 spiro atoms. The van der Waals surface area contributed by atoms with Crippen molar-refractivity contribution in [2.75, 3.05) is 0 Å². The van der Waals surface area contributed by atoms with Gasteiger partial charge >= 0.3 is 0 Å². The molecule has 0 aliphatic rings. The number of thioether (sulfide) groups is 1. The van der Waals surface area contributed by atoms with Crippen LogP contribution in [0.5, 0.6) is 0 Å². The van der Waals surface area contributed by atoms with Crippen molar-refractivity contribution < 1.29 is 4.79 Å². The van der Waals surface area contributed by atoms with Gasteiger partial charge in [0.2, 0.25) is 5.12 Å². The molecule has 0 aromatic heterocycles. The molecule has 0 N–H and O–H groups in total. The summed E-state index contributed by atoms with van der Waals surface area (Å²) in [6.45, 7) is 0. The number of benzene rings is 2. The summed E-state index contributed by atoms with van der Waals surface area (Å²) in [7, 11) is 0. The summed E-state index contributed by atoms with van der Waals surface area (Å²) in [6, 6.07) is 16.8. The molecule has 0 aliphatic carbocycles. The largest absolute Gasteiger partial charge is 0.281 e. The summed E-state index contributed by atoms with van der Waals surface area (Å²) >= 11 is 5.43. The highest BCUT2D eigenvalue weighted by molar-refractivity contribution is 8.14. The van der Waals surface area contributed by atoms with Crippen LogP contribution < -0.4 is 0 Å². The third-order valence-electron chi connectivity index (χ3n) is 2.06. The van der Waals surface area contributed by atoms with Crippen LogP contribution in [0.25, 0.3) is 0 Å². The van der Waals surface area contributed by atoms with Gasteiger partial charge in [0, 0.05) is 15.4 Å². The van der Waals surface area contributed by atoms with E-state index in [1.807, 2.05) is 54.6 Å². The van der Waals surface area contributed by atoms with Gasteiger partial charge < -0.3 is 0 Å². The number of carbonyl (C=O) groups is 1. The molecule has 0 bridgehead atoms. The molecule has 0 aliphatic heterocycles. The topological polar surface area (TPSA) is 17.1 Å². The predicted octanol–water partition coefficient (Wildman–Crippen LogP) is 3.91. The molecule has 0 amide bonds. The van der Waals surface area contributed by atoms with Crippen molar-refractivity contribution in [2.24, 2.45) is 0 Å². The highest BCUT2D eigenvalue weighted by Gasteiger charge is 2.06. The monoisotopic (exact) mass is 246 g/mol. The van der Waals surface area contributed by atoms with Crippen LogP contribution in [0, 0.1) is 0 Å². The molecule has 0 saturated carbocycles. The number of hydrogen-bond acceptors (Lipinski definition) is 3. The van der Waals surface area contributed by atoms with E-state index in [0.29, 0.717) is 0 Å². The second-order valence-electron chi connectivity index (χ2n) is 3.25. The van der Waals surface area contributed by atoms with E-state index < -0.39 is 0 Å². The SMILES string of the molecule is O=C(Sc1ccc(S)cc1)c1ccccc1. The maximum atomic E-state index is 11.8. The van der Waals surface area contributed by atoms with Crippen LogP contribution >= 0.6 is 24.4 Å². The molecule has 2 aromatic rings. The van der Waals surface area contributed by atoms with Crippen molar-refractivity contribution in [3.63, 3.8) is 0 Å². The van der Waals surface area contributed by atoms with Crippen molar-refractivity contribution in [3.05, 3.63) is 60.2 Å². The van der Waals surface area contributed by atoms with Crippen molar-refractivity contribution in [3.8, 4) is 0 Å². The Morgan fingerprint density at radius 3 is 2.19 bits per heavy atom. The highest BCUT2D eigenvalue weighted by Crippen LogP contribution is 2.23. The number of rotatable bonds is 2. The molecule has 0 saturated heterocycles. The fourth-order valence-electron chi connectivity index (χ4n) is 1.25. The zero-order chi connectivity index (χ0) is 11.4. The molecule has 1 nitrogen and oxygen atoms in total. The summed E-state index contributed by atoms with van der Waals surface area (Å²) in [6.07, 6.45) is 0. The van der Waals surface area contributed by atoms with E-state index in [2.05, 4.69) is 12.6 Å². The molecule has 0 radical (unpaired) electrons. The first-order chi connectivity index (χ1) is 7.75. The summed E-state index contributed by atoms with van der Waals surface area (Å²) in [5.74, 6) is 0. The van der Waals surface area contributed by atoms with Crippen LogP contribution in [0.3, 0.4) is 0 Å². The molecular weight excluding hydrogens is 236 g/mol. The molecule has 16 heavy (non-hydrogen) atoms. The molecule has 0 unspecified atom stereocenters. The minimum absolute atomic E-state index is 0.0625. The van der Waals surface area contributed by atoms with E-state index in [1.165, 1.54) is 11.8 Å². The average Bonchev–Trinajstić information content (AvgIpc) is 2.33. The molecule has 2 aromatic carbocycles. The lowest BCUT2D eigenvalue weighted by atomic mass is 10.2. The van der Waals surface area contributed by atoms with Gasteiger partial charge in [-0.25, -0.2) is 0 Å². The van der Waals surface area contributed by atoms with E-state index >= 15 is 0 Å². The van der Waals surface area contributed by atoms with Crippen LogP contribution in [-0.2, 0) is 0 Å². The number of thiol groups is 1. The molecule has 0 atom stereocenters. The molecule has 0 heterocycles. The zero-order valence-corrected chi connectivity index (χ0v) is 10.2. The van der Waals surface area contributed by atoms with Crippen LogP contribution in [0.1, 0.15) is 10.4 Å². The van der Waals surface area contributed by atoms with Crippen LogP contribution in [0.15, 0.2) is 64.4 Å². The van der Waals surface area contributed by atoms with Crippen molar-refractivity contribution in [2.45, 2.75) is 9.79 Å². The van der Waals surface area contributed by atoms with Crippen molar-refractivity contribution in [1.29, 1.82) is 0 Å². The minimum Gasteiger partial charge on any atom is -0.281 e. The van der Waals surface area contributed by atoms with Crippen LogP contribution in [0.2, 0.25) is 0 Å². The first-order valence-corrected chi connectivity index (χ1v) is 6.08. The van der Waals surface area contributed by atoms with Gasteiger partial charge in [-0.05, 0) is 36.0 Å². The van der Waals surface area contributed by atoms with Crippen molar-refractivity contribution >= 4 is 29.5 Å². The average molecular weight is 246 g/mol. The Kier molecular flexibility index (Phi) is 3.70. The molecule has 0 fully saturated rings. The summed E-state index contributed by atoms with van der Waals surface area (Å²) in [5.41, 5.74) is 0.724. The lowest BCUT2D eigenvalue weighted by Crippen LogP contribution is -1.91. The summed E-state index contributed by atoms with van der Waals surface area (Å²) < 4.78 is 0. The maximum absolute atomic E-state index is 11.8. The maximum Gasteiger partial charge on any atom is 0.224 e. The lowest BCUT2D eigenvalue weighted by Gasteiger charge is -2.00. The normalized spacial score (nSPS) is 10.1. The van der Waals surface area contributed by atoms with Gasteiger partial charge in [-0.2, -0.15) is 0 Å². The van der Waals surface area contributed by atoms with Gasteiger partial charge in [0.1, 0.15) is 0 Å². The van der Waals surface area contributed by atoms with E-state index in [1.54, 1.807) is 0 Å². The van der Waals surface area contributed by atoms with Crippen LogP contribution in [-0.4, -0.2) is 5.12 Å². The van der Waals surface area contributed by atoms with E-state index in [4.69, 9.17) is 0 Å². The van der Waals surface area contributed by atoms with E-state index in [9.17, 15) is 4.79 Å². The third-order valence-corrected chi connectivity index (χ3v) is 3.28. The Morgan fingerprint density at radius 2 is 1.56 bits per heavy atom. The Labute approximate surface area is 104 Å². The van der Waals surface area contributed by atoms with Gasteiger partial charge in [0.25, 0.3) is 0 Å². The zero-order valence-electron chi connectivity index (χ0n) is 8.46. The molecule has 3 heteroatoms. The number of hydrogen-bond donors (Lipinski definition) is 1. The first-order valence-electron chi connectivity index (χ1n) is 4.82. The quantitative estimate of drug-likeness (QED) is 0.639. The number of carbonyl (C=O) groups excluding carboxylic acids is 1. The molecule has 2 rings (SSSR count). The van der Waals surface area contributed by atoms with Crippen molar-refractivity contribution in [1.82, 2.24) is 0 Å². The van der Waals surface area contributed by atoms with Gasteiger partial charge in [0.15, 0.2) is 0 Å². The Bertz CT molecular complexity index is 477. The standard InChI is InChI=1S/C13H10OS2/c14-13(10-4-2-1-3-5-10)16-12-8-6-11(15)7-9-12/h1-9,15H. The summed E-state index contributed by atoms with van der Waals surface area (Å²) in [4.78, 5) is 13.7. The first kappa shape index (κ1) is 11.3. The lowest BCUT2D eigenvalue weighted by molar-refractivity contribution is 0.108. The second-order valence-corrected chi connectivity index (χ2v) is 4.81. The van der Waals surface area contributed by atoms with Gasteiger partial charge in [-0.3, -0.25) is 4.79 Å². The Balaban J connectivity index is 2.11. The summed E-state index contributed by atoms with van der Waals surface area (Å²) in [5, 5.41) is 0.0625. The van der Waals surface area contributed by atoms with E-state index in [0.717, 1.165) is 15.4 Å². The van der Waals surface area contributed by atoms with Gasteiger partial charge in [-0.1, -0.05) is 30.3 Å². The minimum atomic E-state index is 0.0625. The van der Waals surface area contributed by atoms with Gasteiger partial charge in [0.05, 0.1) is 0 Å². The van der Waals surface area contributed by atoms with Gasteiger partial charge in [-0.15, -0.1) is 12.6 Å². The highest BCUT2D eigenvalue weighted by atomic mass is 32.2. The fourth-order valence-corrected chi connectivity index (χ4v) is 2.14. The second kappa shape index (κ2) is 5.23.